The highest BCUT2D eigenvalue weighted by Crippen LogP contribution is 2.70. The largest absolute Gasteiger partial charge is 0.478 e. The van der Waals surface area contributed by atoms with Crippen LogP contribution in [0.1, 0.15) is 141 Å². The van der Waals surface area contributed by atoms with Crippen molar-refractivity contribution < 1.29 is 14.7 Å². The highest BCUT2D eigenvalue weighted by atomic mass is 16.4. The Bertz CT molecular complexity index is 1240. The molecule has 0 radical (unpaired) electrons. The Morgan fingerprint density at radius 3 is 2.15 bits per heavy atom. The van der Waals surface area contributed by atoms with Crippen molar-refractivity contribution in [3.05, 3.63) is 35.4 Å². The predicted molar refractivity (Wildman–Crippen MR) is 189 cm³/mol. The number of rotatable bonds is 7. The van der Waals surface area contributed by atoms with E-state index in [1.807, 2.05) is 0 Å². The van der Waals surface area contributed by atoms with Gasteiger partial charge in [-0.15, -0.1) is 0 Å². The summed E-state index contributed by atoms with van der Waals surface area (Å²) in [7, 11) is 4.17. The van der Waals surface area contributed by atoms with Gasteiger partial charge in [-0.2, -0.15) is 0 Å². The molecule has 9 atom stereocenters. The second kappa shape index (κ2) is 13.2. The number of carbonyl (C=O) groups excluding carboxylic acids is 1. The number of likely N-dealkylation sites (N-methyl/N-ethyl adjacent to an activating group) is 1. The zero-order valence-electron chi connectivity index (χ0n) is 30.8. The first-order chi connectivity index (χ1) is 21.6. The maximum atomic E-state index is 14.2. The molecule has 4 fully saturated rings. The highest BCUT2D eigenvalue weighted by molar-refractivity contribution is 5.87. The molecular formula is C41H66N2O3. The summed E-state index contributed by atoms with van der Waals surface area (Å²) in [5.74, 6) is 3.60. The van der Waals surface area contributed by atoms with Crippen LogP contribution < -0.4 is 5.32 Å². The molecule has 0 aliphatic heterocycles. The Morgan fingerprint density at radius 2 is 1.52 bits per heavy atom. The van der Waals surface area contributed by atoms with Crippen LogP contribution in [0.25, 0.3) is 0 Å². The lowest BCUT2D eigenvalue weighted by Crippen LogP contribution is -2.58. The molecule has 0 heterocycles. The molecule has 5 heteroatoms. The second-order valence-corrected chi connectivity index (χ2v) is 18.1. The Hall–Kier alpha value is -1.88. The summed E-state index contributed by atoms with van der Waals surface area (Å²) in [5, 5.41) is 12.9. The molecule has 1 amide bonds. The van der Waals surface area contributed by atoms with E-state index in [2.05, 4.69) is 84.9 Å². The van der Waals surface area contributed by atoms with Gasteiger partial charge in [0.2, 0.25) is 5.91 Å². The third kappa shape index (κ3) is 6.09. The summed E-state index contributed by atoms with van der Waals surface area (Å²) in [6.07, 6.45) is 13.1. The number of aromatic carboxylic acids is 1. The summed E-state index contributed by atoms with van der Waals surface area (Å²) < 4.78 is 0. The van der Waals surface area contributed by atoms with Crippen molar-refractivity contribution in [3.8, 4) is 0 Å². The molecule has 4 aliphatic rings. The molecule has 1 aromatic carbocycles. The fourth-order valence-electron chi connectivity index (χ4n) is 12.4. The first-order valence-electron chi connectivity index (χ1n) is 18.8. The van der Waals surface area contributed by atoms with E-state index in [0.29, 0.717) is 52.9 Å². The number of carboxylic acids is 1. The van der Waals surface area contributed by atoms with E-state index in [1.54, 1.807) is 12.1 Å². The normalized spacial score (nSPS) is 39.3. The molecule has 0 spiro atoms. The van der Waals surface area contributed by atoms with Crippen LogP contribution in [-0.2, 0) is 4.79 Å². The third-order valence-corrected chi connectivity index (χ3v) is 15.1. The molecule has 4 aliphatic carbocycles. The van der Waals surface area contributed by atoms with Crippen molar-refractivity contribution in [2.75, 3.05) is 27.2 Å². The van der Waals surface area contributed by atoms with Crippen LogP contribution in [0.3, 0.4) is 0 Å². The zero-order chi connectivity index (χ0) is 33.7. The summed E-state index contributed by atoms with van der Waals surface area (Å²) in [5.41, 5.74) is 2.19. The minimum absolute atomic E-state index is 0.144. The fourth-order valence-corrected chi connectivity index (χ4v) is 12.4. The number of benzene rings is 1. The zero-order valence-corrected chi connectivity index (χ0v) is 30.8. The third-order valence-electron chi connectivity index (χ3n) is 15.1. The SMILES string of the molecule is CC(C)[C@@H]1CC[C@]2(C(=O)NCCN(C)C)CC[C@@H](C)[C@]3(C)CC[C@H]4C(C)(C)[C@@H](c5ccc(C(=O)O)cc5)CC[C@]4(C)[C@H]3CCC[C@@H]12. The number of amides is 1. The van der Waals surface area contributed by atoms with Gasteiger partial charge in [0.15, 0.2) is 0 Å². The molecule has 5 rings (SSSR count). The van der Waals surface area contributed by atoms with E-state index in [1.165, 1.54) is 56.9 Å². The number of carboxylic acid groups (broad SMARTS) is 1. The molecule has 0 bridgehead atoms. The van der Waals surface area contributed by atoms with Crippen molar-refractivity contribution in [3.63, 3.8) is 0 Å². The lowest BCUT2D eigenvalue weighted by atomic mass is 9.39. The fraction of sp³-hybridized carbons (Fsp3) is 0.805. The number of hydrogen-bond donors (Lipinski definition) is 2. The second-order valence-electron chi connectivity index (χ2n) is 18.1. The number of hydrogen-bond acceptors (Lipinski definition) is 3. The van der Waals surface area contributed by atoms with Crippen LogP contribution >= 0.6 is 0 Å². The van der Waals surface area contributed by atoms with Gasteiger partial charge in [-0.1, -0.05) is 67.0 Å². The van der Waals surface area contributed by atoms with Gasteiger partial charge in [0, 0.05) is 13.1 Å². The van der Waals surface area contributed by atoms with Gasteiger partial charge in [0.1, 0.15) is 0 Å². The number of fused-ring (bicyclic) bond motifs is 4. The molecule has 4 saturated carbocycles. The summed E-state index contributed by atoms with van der Waals surface area (Å²) in [4.78, 5) is 27.9. The van der Waals surface area contributed by atoms with Crippen molar-refractivity contribution in [2.45, 2.75) is 125 Å². The van der Waals surface area contributed by atoms with Gasteiger partial charge in [-0.25, -0.2) is 4.79 Å². The average Bonchev–Trinajstić information content (AvgIpc) is 3.36. The van der Waals surface area contributed by atoms with Crippen molar-refractivity contribution in [1.29, 1.82) is 0 Å². The minimum atomic E-state index is -0.849. The van der Waals surface area contributed by atoms with Crippen molar-refractivity contribution >= 4 is 11.9 Å². The molecule has 1 aromatic rings. The number of carbonyl (C=O) groups is 2. The highest BCUT2D eigenvalue weighted by Gasteiger charge is 2.62. The Balaban J connectivity index is 1.42. The van der Waals surface area contributed by atoms with Crippen molar-refractivity contribution in [2.24, 2.45) is 57.2 Å². The average molecular weight is 635 g/mol. The Kier molecular flexibility index (Phi) is 10.2. The monoisotopic (exact) mass is 635 g/mol. The molecule has 0 aromatic heterocycles. The summed E-state index contributed by atoms with van der Waals surface area (Å²) in [6, 6.07) is 7.79. The van der Waals surface area contributed by atoms with E-state index in [-0.39, 0.29) is 21.7 Å². The van der Waals surface area contributed by atoms with Gasteiger partial charge >= 0.3 is 5.97 Å². The van der Waals surface area contributed by atoms with E-state index in [4.69, 9.17) is 0 Å². The van der Waals surface area contributed by atoms with Crippen LogP contribution in [0.2, 0.25) is 0 Å². The van der Waals surface area contributed by atoms with E-state index >= 15 is 0 Å². The van der Waals surface area contributed by atoms with Crippen molar-refractivity contribution in [1.82, 2.24) is 10.2 Å². The topological polar surface area (TPSA) is 69.6 Å². The van der Waals surface area contributed by atoms with Crippen LogP contribution in [0.15, 0.2) is 24.3 Å². The molecule has 0 unspecified atom stereocenters. The summed E-state index contributed by atoms with van der Waals surface area (Å²) in [6.45, 7) is 19.3. The smallest absolute Gasteiger partial charge is 0.335 e. The van der Waals surface area contributed by atoms with Gasteiger partial charge < -0.3 is 15.3 Å². The Morgan fingerprint density at radius 1 is 0.870 bits per heavy atom. The maximum Gasteiger partial charge on any atom is 0.335 e. The number of nitrogens with zero attached hydrogens (tertiary/aromatic N) is 1. The van der Waals surface area contributed by atoms with Crippen LogP contribution in [0.5, 0.6) is 0 Å². The maximum absolute atomic E-state index is 14.2. The van der Waals surface area contributed by atoms with Crippen LogP contribution in [0, 0.1) is 57.2 Å². The van der Waals surface area contributed by atoms with E-state index in [9.17, 15) is 14.7 Å². The van der Waals surface area contributed by atoms with Gasteiger partial charge in [-0.05, 0) is 154 Å². The Labute approximate surface area is 281 Å². The molecule has 0 saturated heterocycles. The van der Waals surface area contributed by atoms with Crippen LogP contribution in [-0.4, -0.2) is 49.1 Å². The van der Waals surface area contributed by atoms with Gasteiger partial charge in [0.25, 0.3) is 0 Å². The van der Waals surface area contributed by atoms with Crippen LogP contribution in [0.4, 0.5) is 0 Å². The standard InChI is InChI=1S/C41H66N2O3/c1-27(2)31-18-24-41(37(46)42-25-26-43(8)9)23-17-28(3)39(6)22-20-34-38(4,5)32(29-13-15-30(16-14-29)36(44)45)19-21-40(34,7)35(39)12-10-11-33(31)41/h13-16,27-28,31-35H,10-12,17-26H2,1-9H3,(H,42,46)(H,44,45)/t28-,31+,32-,33+,34+,35+,39+,40+,41-/m1/s1. The molecule has 46 heavy (non-hydrogen) atoms. The first-order valence-corrected chi connectivity index (χ1v) is 18.8. The quantitative estimate of drug-likeness (QED) is 0.314. The summed E-state index contributed by atoms with van der Waals surface area (Å²) >= 11 is 0. The minimum Gasteiger partial charge on any atom is -0.478 e. The molecule has 258 valence electrons. The van der Waals surface area contributed by atoms with E-state index < -0.39 is 5.97 Å². The molecule has 5 nitrogen and oxygen atoms in total. The lowest BCUT2D eigenvalue weighted by molar-refractivity contribution is -0.160. The lowest BCUT2D eigenvalue weighted by Gasteiger charge is -2.66. The van der Waals surface area contributed by atoms with E-state index in [0.717, 1.165) is 32.4 Å². The van der Waals surface area contributed by atoms with Gasteiger partial charge in [0.05, 0.1) is 11.0 Å². The predicted octanol–water partition coefficient (Wildman–Crippen LogP) is 9.27. The molecular weight excluding hydrogens is 568 g/mol. The number of nitrogens with one attached hydrogen (secondary N) is 1. The first kappa shape index (κ1) is 35.4. The molecule has 2 N–H and O–H groups in total. The van der Waals surface area contributed by atoms with Gasteiger partial charge in [-0.3, -0.25) is 4.79 Å².